The summed E-state index contributed by atoms with van der Waals surface area (Å²) in [4.78, 5) is 19.1. The molecule has 8 nitrogen and oxygen atoms in total. The fourth-order valence-electron chi connectivity index (χ4n) is 2.09. The van der Waals surface area contributed by atoms with Gasteiger partial charge in [-0.3, -0.25) is 4.98 Å². The zero-order chi connectivity index (χ0) is 18.7. The Bertz CT molecular complexity index is 1070. The molecule has 1 aromatic carbocycles. The van der Waals surface area contributed by atoms with E-state index in [9.17, 15) is 9.90 Å². The Morgan fingerprint density at radius 2 is 2.27 bits per heavy atom. The summed E-state index contributed by atoms with van der Waals surface area (Å²) in [6.07, 6.45) is 1.48. The summed E-state index contributed by atoms with van der Waals surface area (Å²) in [6, 6.07) is 4.22. The summed E-state index contributed by atoms with van der Waals surface area (Å²) < 4.78 is 9.06. The maximum absolute atomic E-state index is 11.8. The van der Waals surface area contributed by atoms with Gasteiger partial charge in [0.25, 0.3) is 0 Å². The molecule has 10 heteroatoms. The van der Waals surface area contributed by atoms with Gasteiger partial charge < -0.3 is 9.84 Å². The molecule has 0 saturated heterocycles. The van der Waals surface area contributed by atoms with E-state index >= 15 is 0 Å². The lowest BCUT2D eigenvalue weighted by Gasteiger charge is -2.04. The summed E-state index contributed by atoms with van der Waals surface area (Å²) in [7, 11) is 0. The predicted octanol–water partition coefficient (Wildman–Crippen LogP) is 5.19. The Morgan fingerprint density at radius 3 is 3.00 bits per heavy atom. The molecule has 0 aliphatic rings. The highest BCUT2D eigenvalue weighted by Crippen LogP contribution is 2.39. The third-order valence-electron chi connectivity index (χ3n) is 3.28. The number of fused-ring (bicyclic) bond motifs is 1. The van der Waals surface area contributed by atoms with Gasteiger partial charge >= 0.3 is 5.97 Å². The van der Waals surface area contributed by atoms with E-state index < -0.39 is 5.97 Å². The topological polar surface area (TPSA) is 101 Å². The highest BCUT2D eigenvalue weighted by atomic mass is 35.5. The number of halogens is 1. The number of benzene rings is 1. The van der Waals surface area contributed by atoms with Crippen LogP contribution in [0.5, 0.6) is 5.75 Å². The van der Waals surface area contributed by atoms with Gasteiger partial charge in [-0.25, -0.2) is 14.0 Å². The first kappa shape index (κ1) is 17.7. The molecule has 3 rings (SSSR count). The Balaban J connectivity index is 1.96. The fraction of sp³-hybridized carbons (Fsp3) is 0.125. The number of rotatable bonds is 4. The Morgan fingerprint density at radius 1 is 1.46 bits per heavy atom. The van der Waals surface area contributed by atoms with Gasteiger partial charge in [0.05, 0.1) is 24.4 Å². The predicted molar refractivity (Wildman–Crippen MR) is 96.9 cm³/mol. The van der Waals surface area contributed by atoms with Crippen LogP contribution in [0.2, 0.25) is 5.15 Å². The second-order valence-corrected chi connectivity index (χ2v) is 5.99. The molecule has 2 aromatic heterocycles. The molecule has 0 radical (unpaired) electrons. The van der Waals surface area contributed by atoms with Gasteiger partial charge in [0.15, 0.2) is 5.00 Å². The van der Waals surface area contributed by atoms with Crippen molar-refractivity contribution in [1.82, 2.24) is 9.36 Å². The van der Waals surface area contributed by atoms with Gasteiger partial charge in [-0.1, -0.05) is 11.6 Å². The van der Waals surface area contributed by atoms with Crippen LogP contribution < -0.4 is 0 Å². The molecule has 0 bridgehead atoms. The lowest BCUT2D eigenvalue weighted by atomic mass is 10.2. The zero-order valence-electron chi connectivity index (χ0n) is 13.3. The van der Waals surface area contributed by atoms with Crippen LogP contribution >= 0.6 is 23.1 Å². The van der Waals surface area contributed by atoms with Crippen LogP contribution in [0.1, 0.15) is 17.3 Å². The minimum atomic E-state index is -0.647. The van der Waals surface area contributed by atoms with Crippen molar-refractivity contribution >= 4 is 56.4 Å². The number of nitrogens with zero attached hydrogens (tertiary/aromatic N) is 5. The summed E-state index contributed by atoms with van der Waals surface area (Å²) in [5, 5.41) is 19.0. The van der Waals surface area contributed by atoms with E-state index in [4.69, 9.17) is 22.9 Å². The number of esters is 1. The third-order valence-corrected chi connectivity index (χ3v) is 4.30. The maximum Gasteiger partial charge on any atom is 0.341 e. The first-order chi connectivity index (χ1) is 12.5. The zero-order valence-corrected chi connectivity index (χ0v) is 14.9. The largest absolute Gasteiger partial charge is 0.507 e. The van der Waals surface area contributed by atoms with E-state index in [2.05, 4.69) is 24.4 Å². The number of aromatic hydroxyl groups is 1. The summed E-state index contributed by atoms with van der Waals surface area (Å²) in [6.45, 7) is 9.04. The molecule has 26 heavy (non-hydrogen) atoms. The molecule has 3 aromatic rings. The van der Waals surface area contributed by atoms with Crippen LogP contribution in [0.3, 0.4) is 0 Å². The number of phenols is 1. The molecule has 0 atom stereocenters. The highest BCUT2D eigenvalue weighted by Gasteiger charge is 2.15. The number of aromatic nitrogens is 2. The van der Waals surface area contributed by atoms with Crippen LogP contribution in [0, 0.1) is 6.57 Å². The molecule has 0 fully saturated rings. The number of hydrogen-bond donors (Lipinski definition) is 1. The minimum Gasteiger partial charge on any atom is -0.507 e. The number of hydrogen-bond acceptors (Lipinski definition) is 8. The number of carbonyl (C=O) groups excluding carboxylic acids is 1. The molecule has 0 spiro atoms. The van der Waals surface area contributed by atoms with E-state index in [0.29, 0.717) is 21.6 Å². The van der Waals surface area contributed by atoms with Crippen LogP contribution in [-0.4, -0.2) is 27.0 Å². The van der Waals surface area contributed by atoms with Gasteiger partial charge in [0.1, 0.15) is 16.5 Å². The minimum absolute atomic E-state index is 0.00111. The molecule has 0 unspecified atom stereocenters. The van der Waals surface area contributed by atoms with E-state index in [-0.39, 0.29) is 28.8 Å². The van der Waals surface area contributed by atoms with Crippen molar-refractivity contribution in [2.24, 2.45) is 10.2 Å². The van der Waals surface area contributed by atoms with Crippen molar-refractivity contribution in [1.29, 1.82) is 0 Å². The van der Waals surface area contributed by atoms with E-state index in [1.165, 1.54) is 24.4 Å². The van der Waals surface area contributed by atoms with Crippen molar-refractivity contribution in [3.8, 4) is 5.75 Å². The van der Waals surface area contributed by atoms with E-state index in [1.807, 2.05) is 0 Å². The molecule has 0 aliphatic carbocycles. The number of carbonyl (C=O) groups is 1. The van der Waals surface area contributed by atoms with Crippen LogP contribution in [-0.2, 0) is 4.74 Å². The number of ether oxygens (including phenoxy) is 1. The van der Waals surface area contributed by atoms with E-state index in [0.717, 1.165) is 11.5 Å². The monoisotopic (exact) mass is 387 g/mol. The summed E-state index contributed by atoms with van der Waals surface area (Å²) in [5.74, 6) is -0.850. The van der Waals surface area contributed by atoms with Crippen LogP contribution in [0.25, 0.3) is 15.7 Å². The summed E-state index contributed by atoms with van der Waals surface area (Å²) in [5.41, 5.74) is 0.925. The molecule has 130 valence electrons. The molecular weight excluding hydrogens is 378 g/mol. The Labute approximate surface area is 156 Å². The molecular formula is C16H10ClN5O3S. The Hall–Kier alpha value is -3.09. The standard InChI is InChI=1S/C16H10ClN5O3S/c1-3-25-16(24)9-6-8(4-5-11(9)23)20-21-15-10-7-19-14(17)13(18-2)12(10)22-26-15/h4-7,23H,3H2,1H3. The molecule has 0 saturated carbocycles. The van der Waals surface area contributed by atoms with E-state index in [1.54, 1.807) is 6.92 Å². The van der Waals surface area contributed by atoms with Crippen molar-refractivity contribution in [2.45, 2.75) is 6.92 Å². The number of phenolic OH excluding ortho intramolecular Hbond substituents is 1. The average molecular weight is 388 g/mol. The SMILES string of the molecule is [C-]#[N+]c1c(Cl)ncc2c(N=Nc3ccc(O)c(C(=O)OCC)c3)snc12. The maximum atomic E-state index is 11.8. The summed E-state index contributed by atoms with van der Waals surface area (Å²) >= 11 is 6.94. The van der Waals surface area contributed by atoms with Gasteiger partial charge in [0.2, 0.25) is 5.69 Å². The Kier molecular flexibility index (Phi) is 5.06. The van der Waals surface area contributed by atoms with Gasteiger partial charge in [-0.15, -0.1) is 10.2 Å². The van der Waals surface area contributed by atoms with Gasteiger partial charge in [0, 0.05) is 11.6 Å². The van der Waals surface area contributed by atoms with Crippen molar-refractivity contribution in [2.75, 3.05) is 6.61 Å². The lowest BCUT2D eigenvalue weighted by Crippen LogP contribution is -2.04. The van der Waals surface area contributed by atoms with Gasteiger partial charge in [-0.05, 0) is 36.7 Å². The number of azo groups is 1. The van der Waals surface area contributed by atoms with Crippen molar-refractivity contribution in [3.05, 3.63) is 46.5 Å². The molecule has 0 amide bonds. The molecule has 0 aliphatic heterocycles. The molecule has 1 N–H and O–H groups in total. The second kappa shape index (κ2) is 7.43. The fourth-order valence-corrected chi connectivity index (χ4v) is 2.96. The van der Waals surface area contributed by atoms with Crippen molar-refractivity contribution in [3.63, 3.8) is 0 Å². The van der Waals surface area contributed by atoms with Crippen molar-refractivity contribution < 1.29 is 14.6 Å². The highest BCUT2D eigenvalue weighted by molar-refractivity contribution is 7.11. The van der Waals surface area contributed by atoms with Crippen LogP contribution in [0.15, 0.2) is 34.6 Å². The number of pyridine rings is 1. The lowest BCUT2D eigenvalue weighted by molar-refractivity contribution is 0.0523. The first-order valence-electron chi connectivity index (χ1n) is 7.28. The first-order valence-corrected chi connectivity index (χ1v) is 8.43. The molecule has 2 heterocycles. The third kappa shape index (κ3) is 3.33. The quantitative estimate of drug-likeness (QED) is 0.287. The normalized spacial score (nSPS) is 11.0. The smallest absolute Gasteiger partial charge is 0.341 e. The second-order valence-electron chi connectivity index (χ2n) is 4.88. The van der Waals surface area contributed by atoms with Crippen LogP contribution in [0.4, 0.5) is 16.4 Å². The average Bonchev–Trinajstić information content (AvgIpc) is 3.04. The van der Waals surface area contributed by atoms with Gasteiger partial charge in [-0.2, -0.15) is 0 Å².